The van der Waals surface area contributed by atoms with E-state index in [2.05, 4.69) is 46.2 Å². The summed E-state index contributed by atoms with van der Waals surface area (Å²) in [5.74, 6) is 0.326. The van der Waals surface area contributed by atoms with Gasteiger partial charge in [-0.05, 0) is 49.2 Å². The quantitative estimate of drug-likeness (QED) is 0.181. The van der Waals surface area contributed by atoms with Crippen molar-refractivity contribution in [1.82, 2.24) is 15.0 Å². The molecular formula is C30H38N4O2. The third-order valence-corrected chi connectivity index (χ3v) is 6.68. The minimum atomic E-state index is -0.438. The number of fused-ring (bicyclic) bond motifs is 1. The van der Waals surface area contributed by atoms with Crippen molar-refractivity contribution in [2.45, 2.75) is 64.7 Å². The first-order valence-corrected chi connectivity index (χ1v) is 13.1. The van der Waals surface area contributed by atoms with Gasteiger partial charge in [-0.1, -0.05) is 64.0 Å². The number of carbonyl (C=O) groups is 1. The number of hydrogen-bond donors (Lipinski definition) is 4. The fourth-order valence-electron chi connectivity index (χ4n) is 4.62. The van der Waals surface area contributed by atoms with E-state index in [1.165, 1.54) is 51.4 Å². The van der Waals surface area contributed by atoms with E-state index in [-0.39, 0.29) is 0 Å². The van der Waals surface area contributed by atoms with Gasteiger partial charge in [-0.15, -0.1) is 0 Å². The first-order valence-electron chi connectivity index (χ1n) is 13.1. The number of amides is 1. The van der Waals surface area contributed by atoms with Gasteiger partial charge in [0.05, 0.1) is 24.2 Å². The van der Waals surface area contributed by atoms with Gasteiger partial charge < -0.3 is 25.4 Å². The van der Waals surface area contributed by atoms with Gasteiger partial charge in [-0.3, -0.25) is 4.79 Å². The van der Waals surface area contributed by atoms with Gasteiger partial charge in [0.1, 0.15) is 5.75 Å². The lowest BCUT2D eigenvalue weighted by Gasteiger charge is -1.99. The topological polar surface area (TPSA) is 99.7 Å². The molecule has 0 aliphatic heterocycles. The van der Waals surface area contributed by atoms with Crippen LogP contribution < -0.4 is 21.2 Å². The maximum atomic E-state index is 11.5. The van der Waals surface area contributed by atoms with Crippen LogP contribution in [0.25, 0.3) is 34.4 Å². The average molecular weight is 487 g/mol. The summed E-state index contributed by atoms with van der Waals surface area (Å²) >= 11 is 0. The number of benzene rings is 1. The molecular weight excluding hydrogens is 448 g/mol. The third kappa shape index (κ3) is 6.51. The second kappa shape index (κ2) is 12.3. The van der Waals surface area contributed by atoms with Crippen LogP contribution in [0.3, 0.4) is 0 Å². The van der Waals surface area contributed by atoms with Crippen molar-refractivity contribution in [1.29, 1.82) is 0 Å². The number of nitrogens with one attached hydrogen (secondary N) is 3. The smallest absolute Gasteiger partial charge is 0.248 e. The molecule has 3 aromatic heterocycles. The van der Waals surface area contributed by atoms with Gasteiger partial charge in [0.25, 0.3) is 0 Å². The van der Waals surface area contributed by atoms with E-state index in [1.54, 1.807) is 19.2 Å². The number of unbranched alkanes of at least 4 members (excludes halogenated alkanes) is 8. The number of aromatic amines is 3. The highest BCUT2D eigenvalue weighted by molar-refractivity contribution is 5.97. The molecule has 0 saturated carbocycles. The summed E-state index contributed by atoms with van der Waals surface area (Å²) in [6.45, 7) is 2.26. The predicted molar refractivity (Wildman–Crippen MR) is 148 cm³/mol. The first kappa shape index (κ1) is 25.4. The van der Waals surface area contributed by atoms with E-state index in [0.29, 0.717) is 5.56 Å². The van der Waals surface area contributed by atoms with Crippen molar-refractivity contribution in [3.8, 4) is 17.1 Å². The maximum absolute atomic E-state index is 11.5. The second-order valence-electron chi connectivity index (χ2n) is 9.50. The zero-order valence-corrected chi connectivity index (χ0v) is 21.5. The molecule has 0 radical (unpaired) electrons. The van der Waals surface area contributed by atoms with Crippen LogP contribution in [0.5, 0.6) is 5.75 Å². The Morgan fingerprint density at radius 1 is 0.861 bits per heavy atom. The van der Waals surface area contributed by atoms with Crippen LogP contribution in [0.1, 0.15) is 80.8 Å². The lowest BCUT2D eigenvalue weighted by molar-refractivity contribution is 0.100. The Kier molecular flexibility index (Phi) is 8.71. The molecule has 0 spiro atoms. The molecule has 6 heteroatoms. The third-order valence-electron chi connectivity index (χ3n) is 6.68. The van der Waals surface area contributed by atoms with Crippen LogP contribution in [-0.2, 0) is 0 Å². The molecule has 190 valence electrons. The number of primary amides is 1. The number of methoxy groups -OCH3 is 1. The van der Waals surface area contributed by atoms with E-state index in [9.17, 15) is 4.79 Å². The SMILES string of the molecule is CCCCCCCCCCC=c1ccc(=Cc2[nH]c(-c3cc4ccc(C(N)=O)cc4[nH]3)cc2OC)[nH]1. The normalized spacial score (nSPS) is 12.6. The number of aromatic nitrogens is 3. The van der Waals surface area contributed by atoms with Gasteiger partial charge >= 0.3 is 0 Å². The number of H-pyrrole nitrogens is 3. The molecule has 1 amide bonds. The fraction of sp³-hybridized carbons (Fsp3) is 0.367. The summed E-state index contributed by atoms with van der Waals surface area (Å²) in [5.41, 5.74) is 9.47. The molecule has 3 heterocycles. The molecule has 1 aromatic carbocycles. The van der Waals surface area contributed by atoms with Gasteiger partial charge in [0.15, 0.2) is 0 Å². The molecule has 0 saturated heterocycles. The average Bonchev–Trinajstić information content (AvgIpc) is 3.60. The van der Waals surface area contributed by atoms with Crippen molar-refractivity contribution in [2.75, 3.05) is 7.11 Å². The summed E-state index contributed by atoms with van der Waals surface area (Å²) in [7, 11) is 1.67. The van der Waals surface area contributed by atoms with Crippen molar-refractivity contribution in [3.05, 3.63) is 64.4 Å². The van der Waals surface area contributed by atoms with Crippen LogP contribution in [0.2, 0.25) is 0 Å². The van der Waals surface area contributed by atoms with Crippen LogP contribution in [0.4, 0.5) is 0 Å². The van der Waals surface area contributed by atoms with Crippen molar-refractivity contribution in [3.63, 3.8) is 0 Å². The highest BCUT2D eigenvalue weighted by Crippen LogP contribution is 2.29. The first-order chi connectivity index (χ1) is 17.6. The Hall–Kier alpha value is -3.67. The van der Waals surface area contributed by atoms with Gasteiger partial charge in [-0.2, -0.15) is 0 Å². The van der Waals surface area contributed by atoms with Gasteiger partial charge in [-0.25, -0.2) is 0 Å². The highest BCUT2D eigenvalue weighted by Gasteiger charge is 2.12. The molecule has 0 atom stereocenters. The molecule has 0 aliphatic carbocycles. The Labute approximate surface area is 212 Å². The Morgan fingerprint density at radius 3 is 2.33 bits per heavy atom. The van der Waals surface area contributed by atoms with Gasteiger partial charge in [0, 0.05) is 33.2 Å². The number of hydrogen-bond acceptors (Lipinski definition) is 2. The molecule has 0 aliphatic rings. The predicted octanol–water partition coefficient (Wildman–Crippen LogP) is 5.74. The number of nitrogens with two attached hydrogens (primary N) is 1. The Morgan fingerprint density at radius 2 is 1.58 bits per heavy atom. The number of rotatable bonds is 13. The lowest BCUT2D eigenvalue weighted by Crippen LogP contribution is -2.10. The van der Waals surface area contributed by atoms with Crippen LogP contribution >= 0.6 is 0 Å². The maximum Gasteiger partial charge on any atom is 0.248 e. The largest absolute Gasteiger partial charge is 0.494 e. The van der Waals surface area contributed by atoms with E-state index in [1.807, 2.05) is 18.2 Å². The second-order valence-corrected chi connectivity index (χ2v) is 9.50. The monoisotopic (exact) mass is 486 g/mol. The van der Waals surface area contributed by atoms with E-state index >= 15 is 0 Å². The molecule has 0 bridgehead atoms. The zero-order chi connectivity index (χ0) is 25.3. The molecule has 0 unspecified atom stereocenters. The van der Waals surface area contributed by atoms with Crippen molar-refractivity contribution in [2.24, 2.45) is 5.73 Å². The molecule has 6 nitrogen and oxygen atoms in total. The molecule has 0 fully saturated rings. The van der Waals surface area contributed by atoms with E-state index in [0.717, 1.165) is 50.9 Å². The summed E-state index contributed by atoms with van der Waals surface area (Å²) in [6.07, 6.45) is 16.2. The van der Waals surface area contributed by atoms with Crippen LogP contribution in [0, 0.1) is 0 Å². The number of carbonyl (C=O) groups excluding carboxylic acids is 1. The van der Waals surface area contributed by atoms with Crippen LogP contribution in [-0.4, -0.2) is 28.0 Å². The molecule has 4 rings (SSSR count). The summed E-state index contributed by atoms with van der Waals surface area (Å²) in [5, 5.41) is 3.18. The number of ether oxygens (including phenoxy) is 1. The molecule has 5 N–H and O–H groups in total. The summed E-state index contributed by atoms with van der Waals surface area (Å²) in [4.78, 5) is 21.8. The minimum absolute atomic E-state index is 0.438. The lowest BCUT2D eigenvalue weighted by atomic mass is 10.1. The highest BCUT2D eigenvalue weighted by atomic mass is 16.5. The fourth-order valence-corrected chi connectivity index (χ4v) is 4.62. The van der Waals surface area contributed by atoms with Gasteiger partial charge in [0.2, 0.25) is 5.91 Å². The summed E-state index contributed by atoms with van der Waals surface area (Å²) in [6, 6.07) is 13.7. The van der Waals surface area contributed by atoms with Crippen molar-refractivity contribution < 1.29 is 9.53 Å². The minimum Gasteiger partial charge on any atom is -0.494 e. The van der Waals surface area contributed by atoms with Crippen LogP contribution in [0.15, 0.2) is 42.5 Å². The van der Waals surface area contributed by atoms with E-state index < -0.39 is 5.91 Å². The molecule has 36 heavy (non-hydrogen) atoms. The standard InChI is InChI=1S/C30H38N4O2/c1-3-4-5-6-7-8-9-10-11-12-23-15-16-24(32-23)19-28-29(36-2)20-27(34-28)26-17-21-13-14-22(30(31)35)18-25(21)33-26/h12-20,32-34H,3-11H2,1-2H3,(H2,31,35). The zero-order valence-electron chi connectivity index (χ0n) is 21.5. The van der Waals surface area contributed by atoms with E-state index in [4.69, 9.17) is 10.5 Å². The van der Waals surface area contributed by atoms with Crippen molar-refractivity contribution >= 4 is 29.0 Å². The Balaban J connectivity index is 1.42. The summed E-state index contributed by atoms with van der Waals surface area (Å²) < 4.78 is 5.63. The molecule has 4 aromatic rings. The Bertz CT molecular complexity index is 1410.